The van der Waals surface area contributed by atoms with Crippen LogP contribution in [0.5, 0.6) is 5.75 Å². The quantitative estimate of drug-likeness (QED) is 0.555. The van der Waals surface area contributed by atoms with E-state index in [1.165, 1.54) is 5.56 Å². The van der Waals surface area contributed by atoms with Crippen molar-refractivity contribution in [1.29, 1.82) is 0 Å². The first-order valence-corrected chi connectivity index (χ1v) is 7.08. The fourth-order valence-electron chi connectivity index (χ4n) is 2.33. The second-order valence-corrected chi connectivity index (χ2v) is 5.33. The van der Waals surface area contributed by atoms with Gasteiger partial charge in [-0.3, -0.25) is 0 Å². The van der Waals surface area contributed by atoms with Gasteiger partial charge in [0.2, 0.25) is 5.89 Å². The third-order valence-electron chi connectivity index (χ3n) is 3.84. The molecule has 3 aromatic rings. The minimum Gasteiger partial charge on any atom is -0.507 e. The molecule has 3 N–H and O–H groups in total. The average Bonchev–Trinajstić information content (AvgIpc) is 2.91. The summed E-state index contributed by atoms with van der Waals surface area (Å²) in [5.41, 5.74) is 9.57. The van der Waals surface area contributed by atoms with Crippen LogP contribution >= 0.6 is 0 Å². The summed E-state index contributed by atoms with van der Waals surface area (Å²) in [7, 11) is 0. The predicted octanol–water partition coefficient (Wildman–Crippen LogP) is 4.30. The van der Waals surface area contributed by atoms with Gasteiger partial charge in [-0.05, 0) is 48.2 Å². The molecule has 0 amide bonds. The summed E-state index contributed by atoms with van der Waals surface area (Å²) in [4.78, 5) is 4.48. The van der Waals surface area contributed by atoms with Gasteiger partial charge in [0.05, 0.1) is 5.56 Å². The first kappa shape index (κ1) is 13.5. The largest absolute Gasteiger partial charge is 0.507 e. The lowest BCUT2D eigenvalue weighted by atomic mass is 9.98. The lowest BCUT2D eigenvalue weighted by Gasteiger charge is -2.07. The summed E-state index contributed by atoms with van der Waals surface area (Å²) in [5.74, 6) is 0.976. The van der Waals surface area contributed by atoms with Crippen molar-refractivity contribution in [2.45, 2.75) is 26.2 Å². The number of fused-ring (bicyclic) bond motifs is 1. The maximum Gasteiger partial charge on any atom is 0.231 e. The lowest BCUT2D eigenvalue weighted by Crippen LogP contribution is -1.90. The summed E-state index contributed by atoms with van der Waals surface area (Å²) in [6, 6.07) is 10.9. The third kappa shape index (κ3) is 2.44. The zero-order chi connectivity index (χ0) is 15.0. The molecule has 0 saturated carbocycles. The summed E-state index contributed by atoms with van der Waals surface area (Å²) in [5, 5.41) is 9.94. The number of nitrogens with two attached hydrogens (primary N) is 1. The van der Waals surface area contributed by atoms with Gasteiger partial charge in [0.15, 0.2) is 5.58 Å². The number of phenols is 1. The zero-order valence-corrected chi connectivity index (χ0v) is 12.1. The predicted molar refractivity (Wildman–Crippen MR) is 84.2 cm³/mol. The summed E-state index contributed by atoms with van der Waals surface area (Å²) in [6.45, 7) is 4.35. The molecule has 0 fully saturated rings. The second kappa shape index (κ2) is 5.13. The molecule has 0 unspecified atom stereocenters. The maximum absolute atomic E-state index is 9.94. The highest BCUT2D eigenvalue weighted by atomic mass is 16.3. The number of aromatic hydroxyl groups is 1. The molecule has 0 spiro atoms. The van der Waals surface area contributed by atoms with Gasteiger partial charge in [0.1, 0.15) is 11.3 Å². The van der Waals surface area contributed by atoms with Crippen LogP contribution in [0, 0.1) is 0 Å². The number of rotatable bonds is 3. The van der Waals surface area contributed by atoms with E-state index in [0.717, 1.165) is 11.9 Å². The van der Waals surface area contributed by atoms with Crippen LogP contribution in [0.15, 0.2) is 40.8 Å². The number of oxazole rings is 1. The first-order chi connectivity index (χ1) is 10.1. The Labute approximate surface area is 123 Å². The van der Waals surface area contributed by atoms with Gasteiger partial charge in [-0.1, -0.05) is 19.9 Å². The van der Waals surface area contributed by atoms with Gasteiger partial charge in [-0.15, -0.1) is 0 Å². The molecule has 21 heavy (non-hydrogen) atoms. The van der Waals surface area contributed by atoms with E-state index in [0.29, 0.717) is 28.6 Å². The van der Waals surface area contributed by atoms with Crippen LogP contribution in [0.3, 0.4) is 0 Å². The van der Waals surface area contributed by atoms with Gasteiger partial charge in [0.25, 0.3) is 0 Å². The topological polar surface area (TPSA) is 72.3 Å². The SMILES string of the molecule is CC[C@H](C)c1ccc2oc(-c3cc(N)ccc3O)nc2c1. The van der Waals surface area contributed by atoms with Crippen molar-refractivity contribution in [3.05, 3.63) is 42.0 Å². The lowest BCUT2D eigenvalue weighted by molar-refractivity contribution is 0.474. The molecular formula is C17H18N2O2. The average molecular weight is 282 g/mol. The van der Waals surface area contributed by atoms with Crippen LogP contribution in [0.25, 0.3) is 22.6 Å². The molecule has 1 heterocycles. The molecule has 0 radical (unpaired) electrons. The second-order valence-electron chi connectivity index (χ2n) is 5.33. The van der Waals surface area contributed by atoms with E-state index in [2.05, 4.69) is 24.9 Å². The van der Waals surface area contributed by atoms with Crippen LogP contribution in [-0.4, -0.2) is 10.1 Å². The molecule has 108 valence electrons. The monoisotopic (exact) mass is 282 g/mol. The number of benzene rings is 2. The van der Waals surface area contributed by atoms with Gasteiger partial charge < -0.3 is 15.3 Å². The van der Waals surface area contributed by atoms with E-state index in [1.54, 1.807) is 18.2 Å². The third-order valence-corrected chi connectivity index (χ3v) is 3.84. The van der Waals surface area contributed by atoms with E-state index in [4.69, 9.17) is 10.2 Å². The van der Waals surface area contributed by atoms with Crippen LogP contribution in [0.1, 0.15) is 31.7 Å². The number of aromatic nitrogens is 1. The Kier molecular flexibility index (Phi) is 3.29. The van der Waals surface area contributed by atoms with E-state index >= 15 is 0 Å². The standard InChI is InChI=1S/C17H18N2O2/c1-3-10(2)11-4-7-16-14(8-11)19-17(21-16)13-9-12(18)5-6-15(13)20/h4-10,20H,3,18H2,1-2H3/t10-/m0/s1. The van der Waals surface area contributed by atoms with E-state index in [1.807, 2.05) is 12.1 Å². The minimum atomic E-state index is 0.109. The molecule has 0 aliphatic carbocycles. The number of hydrogen-bond donors (Lipinski definition) is 2. The Morgan fingerprint density at radius 3 is 2.81 bits per heavy atom. The summed E-state index contributed by atoms with van der Waals surface area (Å²) < 4.78 is 5.73. The number of nitrogens with zero attached hydrogens (tertiary/aromatic N) is 1. The van der Waals surface area contributed by atoms with Gasteiger partial charge in [0, 0.05) is 5.69 Å². The molecule has 3 rings (SSSR count). The first-order valence-electron chi connectivity index (χ1n) is 7.08. The van der Waals surface area contributed by atoms with E-state index in [9.17, 15) is 5.11 Å². The Hall–Kier alpha value is -2.49. The van der Waals surface area contributed by atoms with Crippen molar-refractivity contribution in [2.75, 3.05) is 5.73 Å². The molecular weight excluding hydrogens is 264 g/mol. The zero-order valence-electron chi connectivity index (χ0n) is 12.1. The van der Waals surface area contributed by atoms with E-state index in [-0.39, 0.29) is 5.75 Å². The molecule has 4 nitrogen and oxygen atoms in total. The van der Waals surface area contributed by atoms with E-state index < -0.39 is 0 Å². The summed E-state index contributed by atoms with van der Waals surface area (Å²) in [6.07, 6.45) is 1.08. The van der Waals surface area contributed by atoms with Crippen LogP contribution in [-0.2, 0) is 0 Å². The molecule has 4 heteroatoms. The van der Waals surface area contributed by atoms with Crippen LogP contribution in [0.2, 0.25) is 0 Å². The molecule has 1 atom stereocenters. The molecule has 0 bridgehead atoms. The number of nitrogen functional groups attached to an aromatic ring is 1. The molecule has 0 aliphatic rings. The normalized spacial score (nSPS) is 12.7. The van der Waals surface area contributed by atoms with Crippen molar-refractivity contribution in [3.8, 4) is 17.2 Å². The Morgan fingerprint density at radius 2 is 2.05 bits per heavy atom. The molecule has 2 aromatic carbocycles. The van der Waals surface area contributed by atoms with Crippen LogP contribution in [0.4, 0.5) is 5.69 Å². The Balaban J connectivity index is 2.10. The highest BCUT2D eigenvalue weighted by Crippen LogP contribution is 2.33. The molecule has 1 aromatic heterocycles. The smallest absolute Gasteiger partial charge is 0.231 e. The molecule has 0 aliphatic heterocycles. The fourth-order valence-corrected chi connectivity index (χ4v) is 2.33. The minimum absolute atomic E-state index is 0.109. The summed E-state index contributed by atoms with van der Waals surface area (Å²) >= 11 is 0. The highest BCUT2D eigenvalue weighted by molar-refractivity contribution is 5.79. The van der Waals surface area contributed by atoms with Crippen molar-refractivity contribution < 1.29 is 9.52 Å². The molecule has 0 saturated heterocycles. The van der Waals surface area contributed by atoms with Crippen molar-refractivity contribution in [2.24, 2.45) is 0 Å². The van der Waals surface area contributed by atoms with Crippen LogP contribution < -0.4 is 5.73 Å². The van der Waals surface area contributed by atoms with Crippen molar-refractivity contribution in [1.82, 2.24) is 4.98 Å². The fraction of sp³-hybridized carbons (Fsp3) is 0.235. The van der Waals surface area contributed by atoms with Gasteiger partial charge in [-0.25, -0.2) is 4.98 Å². The van der Waals surface area contributed by atoms with Crippen molar-refractivity contribution >= 4 is 16.8 Å². The van der Waals surface area contributed by atoms with Crippen molar-refractivity contribution in [3.63, 3.8) is 0 Å². The maximum atomic E-state index is 9.94. The van der Waals surface area contributed by atoms with Gasteiger partial charge in [-0.2, -0.15) is 0 Å². The Bertz CT molecular complexity index is 793. The number of hydrogen-bond acceptors (Lipinski definition) is 4. The number of phenolic OH excluding ortho intramolecular Hbond substituents is 1. The highest BCUT2D eigenvalue weighted by Gasteiger charge is 2.14. The Morgan fingerprint density at radius 1 is 1.24 bits per heavy atom. The number of anilines is 1. The van der Waals surface area contributed by atoms with Gasteiger partial charge >= 0.3 is 0 Å².